The molecule has 0 fully saturated rings. The predicted octanol–water partition coefficient (Wildman–Crippen LogP) is 5.72. The first kappa shape index (κ1) is 21.3. The number of ether oxygens (including phenoxy) is 1. The molecule has 0 spiro atoms. The standard InChI is InChI=1S/C19H14F6N4O/c1-2-30-17-28-15(11-5-3-6-12(9-11)18(20,21)22)27-16(29-17)26-14-8-4-7-13(10-14)19(23,24)25/h3-10H,2H2,1H3,(H,26,27,28,29). The Labute approximate surface area is 166 Å². The topological polar surface area (TPSA) is 59.9 Å². The SMILES string of the molecule is CCOc1nc(Nc2cccc(C(F)(F)F)c2)nc(-c2cccc(C(F)(F)F)c2)n1. The van der Waals surface area contributed by atoms with Gasteiger partial charge in [0.15, 0.2) is 5.82 Å². The van der Waals surface area contributed by atoms with Gasteiger partial charge in [-0.15, -0.1) is 0 Å². The van der Waals surface area contributed by atoms with E-state index in [0.29, 0.717) is 0 Å². The third-order valence-corrected chi connectivity index (χ3v) is 3.78. The van der Waals surface area contributed by atoms with Crippen LogP contribution < -0.4 is 10.1 Å². The Morgan fingerprint density at radius 1 is 0.833 bits per heavy atom. The normalized spacial score (nSPS) is 12.0. The second-order valence-corrected chi connectivity index (χ2v) is 5.98. The van der Waals surface area contributed by atoms with Crippen LogP contribution in [0, 0.1) is 0 Å². The lowest BCUT2D eigenvalue weighted by Gasteiger charge is -2.12. The Morgan fingerprint density at radius 3 is 2.10 bits per heavy atom. The quantitative estimate of drug-likeness (QED) is 0.527. The van der Waals surface area contributed by atoms with Gasteiger partial charge in [-0.25, -0.2) is 0 Å². The molecule has 158 valence electrons. The Morgan fingerprint density at radius 2 is 1.47 bits per heavy atom. The number of rotatable bonds is 5. The van der Waals surface area contributed by atoms with Crippen LogP contribution in [0.3, 0.4) is 0 Å². The fourth-order valence-electron chi connectivity index (χ4n) is 2.47. The van der Waals surface area contributed by atoms with Crippen molar-refractivity contribution < 1.29 is 31.1 Å². The number of hydrogen-bond acceptors (Lipinski definition) is 5. The van der Waals surface area contributed by atoms with Gasteiger partial charge in [-0.3, -0.25) is 0 Å². The van der Waals surface area contributed by atoms with Crippen molar-refractivity contribution in [2.75, 3.05) is 11.9 Å². The summed E-state index contributed by atoms with van der Waals surface area (Å²) < 4.78 is 83.0. The van der Waals surface area contributed by atoms with E-state index in [1.165, 1.54) is 24.3 Å². The molecule has 0 saturated heterocycles. The number of anilines is 2. The maximum Gasteiger partial charge on any atom is 0.416 e. The Balaban J connectivity index is 2.00. The number of alkyl halides is 6. The zero-order valence-electron chi connectivity index (χ0n) is 15.3. The fraction of sp³-hybridized carbons (Fsp3) is 0.211. The molecular formula is C19H14F6N4O. The van der Waals surface area contributed by atoms with Crippen LogP contribution in [0.1, 0.15) is 18.1 Å². The second kappa shape index (κ2) is 8.17. The van der Waals surface area contributed by atoms with Crippen LogP contribution in [0.5, 0.6) is 6.01 Å². The molecule has 0 aliphatic rings. The van der Waals surface area contributed by atoms with Crippen LogP contribution in [0.15, 0.2) is 48.5 Å². The third kappa shape index (κ3) is 5.16. The molecular weight excluding hydrogens is 414 g/mol. The van der Waals surface area contributed by atoms with Gasteiger partial charge in [0.1, 0.15) is 0 Å². The van der Waals surface area contributed by atoms with E-state index in [1.54, 1.807) is 6.92 Å². The number of hydrogen-bond donors (Lipinski definition) is 1. The van der Waals surface area contributed by atoms with Gasteiger partial charge >= 0.3 is 18.4 Å². The number of benzene rings is 2. The predicted molar refractivity (Wildman–Crippen MR) is 96.2 cm³/mol. The fourth-order valence-corrected chi connectivity index (χ4v) is 2.47. The minimum Gasteiger partial charge on any atom is -0.464 e. The summed E-state index contributed by atoms with van der Waals surface area (Å²) in [4.78, 5) is 12.0. The first-order valence-electron chi connectivity index (χ1n) is 8.57. The van der Waals surface area contributed by atoms with E-state index < -0.39 is 23.5 Å². The highest BCUT2D eigenvalue weighted by Crippen LogP contribution is 2.33. The summed E-state index contributed by atoms with van der Waals surface area (Å²) in [6, 6.07) is 8.46. The summed E-state index contributed by atoms with van der Waals surface area (Å²) in [6.07, 6.45) is -9.11. The Kier molecular flexibility index (Phi) is 5.81. The molecule has 30 heavy (non-hydrogen) atoms. The summed E-state index contributed by atoms with van der Waals surface area (Å²) in [5.74, 6) is -0.311. The van der Waals surface area contributed by atoms with Gasteiger partial charge in [0.05, 0.1) is 17.7 Å². The minimum atomic E-state index is -4.56. The average molecular weight is 428 g/mol. The first-order valence-corrected chi connectivity index (χ1v) is 8.57. The van der Waals surface area contributed by atoms with E-state index in [0.717, 1.165) is 24.3 Å². The Hall–Kier alpha value is -3.37. The van der Waals surface area contributed by atoms with Crippen molar-refractivity contribution >= 4 is 11.6 Å². The molecule has 0 amide bonds. The van der Waals surface area contributed by atoms with Crippen molar-refractivity contribution in [1.29, 1.82) is 0 Å². The van der Waals surface area contributed by atoms with Gasteiger partial charge in [-0.1, -0.05) is 18.2 Å². The number of nitrogens with zero attached hydrogens (tertiary/aromatic N) is 3. The summed E-state index contributed by atoms with van der Waals surface area (Å²) in [5, 5.41) is 2.61. The van der Waals surface area contributed by atoms with Gasteiger partial charge in [0.2, 0.25) is 5.95 Å². The summed E-state index contributed by atoms with van der Waals surface area (Å²) in [7, 11) is 0. The molecule has 0 aliphatic carbocycles. The molecule has 0 saturated carbocycles. The smallest absolute Gasteiger partial charge is 0.416 e. The molecule has 0 atom stereocenters. The van der Waals surface area contributed by atoms with Crippen LogP contribution in [-0.2, 0) is 12.4 Å². The molecule has 3 rings (SSSR count). The van der Waals surface area contributed by atoms with Crippen LogP contribution >= 0.6 is 0 Å². The minimum absolute atomic E-state index is 0.0356. The van der Waals surface area contributed by atoms with Crippen LogP contribution in [0.2, 0.25) is 0 Å². The van der Waals surface area contributed by atoms with Crippen molar-refractivity contribution in [1.82, 2.24) is 15.0 Å². The summed E-state index contributed by atoms with van der Waals surface area (Å²) in [5.41, 5.74) is -1.70. The highest BCUT2D eigenvalue weighted by atomic mass is 19.4. The zero-order valence-corrected chi connectivity index (χ0v) is 15.3. The van der Waals surface area contributed by atoms with E-state index in [4.69, 9.17) is 4.74 Å². The molecule has 1 heterocycles. The van der Waals surface area contributed by atoms with E-state index in [-0.39, 0.29) is 35.6 Å². The lowest BCUT2D eigenvalue weighted by Crippen LogP contribution is -2.08. The second-order valence-electron chi connectivity index (χ2n) is 5.98. The number of aromatic nitrogens is 3. The van der Waals surface area contributed by atoms with Gasteiger partial charge in [-0.05, 0) is 37.3 Å². The first-order chi connectivity index (χ1) is 14.1. The van der Waals surface area contributed by atoms with Crippen LogP contribution in [0.4, 0.5) is 38.0 Å². The molecule has 2 aromatic carbocycles. The number of halogens is 6. The van der Waals surface area contributed by atoms with Crippen molar-refractivity contribution in [3.05, 3.63) is 59.7 Å². The maximum absolute atomic E-state index is 13.0. The van der Waals surface area contributed by atoms with Gasteiger partial charge < -0.3 is 10.1 Å². The maximum atomic E-state index is 13.0. The lowest BCUT2D eigenvalue weighted by molar-refractivity contribution is -0.138. The molecule has 5 nitrogen and oxygen atoms in total. The van der Waals surface area contributed by atoms with E-state index in [1.807, 2.05) is 0 Å². The molecule has 11 heteroatoms. The molecule has 0 bridgehead atoms. The van der Waals surface area contributed by atoms with Crippen molar-refractivity contribution in [3.63, 3.8) is 0 Å². The van der Waals surface area contributed by atoms with E-state index >= 15 is 0 Å². The highest BCUT2D eigenvalue weighted by Gasteiger charge is 2.31. The summed E-state index contributed by atoms with van der Waals surface area (Å²) >= 11 is 0. The van der Waals surface area contributed by atoms with Crippen molar-refractivity contribution in [2.45, 2.75) is 19.3 Å². The van der Waals surface area contributed by atoms with Gasteiger partial charge in [-0.2, -0.15) is 41.3 Å². The van der Waals surface area contributed by atoms with Crippen LogP contribution in [-0.4, -0.2) is 21.6 Å². The third-order valence-electron chi connectivity index (χ3n) is 3.78. The molecule has 1 N–H and O–H groups in total. The molecule has 0 radical (unpaired) electrons. The molecule has 0 aliphatic heterocycles. The van der Waals surface area contributed by atoms with Gasteiger partial charge in [0, 0.05) is 11.3 Å². The van der Waals surface area contributed by atoms with E-state index in [2.05, 4.69) is 20.3 Å². The van der Waals surface area contributed by atoms with Crippen molar-refractivity contribution in [3.8, 4) is 17.4 Å². The molecule has 3 aromatic rings. The van der Waals surface area contributed by atoms with Gasteiger partial charge in [0.25, 0.3) is 0 Å². The molecule has 0 unspecified atom stereocenters. The van der Waals surface area contributed by atoms with Crippen molar-refractivity contribution in [2.24, 2.45) is 0 Å². The monoisotopic (exact) mass is 428 g/mol. The summed E-state index contributed by atoms with van der Waals surface area (Å²) in [6.45, 7) is 1.81. The zero-order chi connectivity index (χ0) is 21.9. The number of nitrogens with one attached hydrogen (secondary N) is 1. The lowest BCUT2D eigenvalue weighted by atomic mass is 10.1. The van der Waals surface area contributed by atoms with Crippen LogP contribution in [0.25, 0.3) is 11.4 Å². The molecule has 1 aromatic heterocycles. The largest absolute Gasteiger partial charge is 0.464 e. The Bertz CT molecular complexity index is 1040. The average Bonchev–Trinajstić information content (AvgIpc) is 2.67. The highest BCUT2D eigenvalue weighted by molar-refractivity contribution is 5.61. The van der Waals surface area contributed by atoms with E-state index in [9.17, 15) is 26.3 Å².